The Hall–Kier alpha value is -4.28. The molecule has 24 saturated carbocycles. The number of esters is 6. The van der Waals surface area contributed by atoms with E-state index in [1.807, 2.05) is 0 Å². The van der Waals surface area contributed by atoms with Crippen molar-refractivity contribution in [2.24, 2.45) is 118 Å². The molecule has 0 spiro atoms. The Labute approximate surface area is 592 Å². The normalized spacial score (nSPS) is 51.1. The summed E-state index contributed by atoms with van der Waals surface area (Å²) in [5.41, 5.74) is -2.46. The summed E-state index contributed by atoms with van der Waals surface area (Å²) in [5, 5.41) is 21.0. The predicted molar refractivity (Wildman–Crippen MR) is 372 cm³/mol. The summed E-state index contributed by atoms with van der Waals surface area (Å²) in [6.07, 6.45) is 36.5. The highest BCUT2D eigenvalue weighted by molar-refractivity contribution is 5.69. The van der Waals surface area contributed by atoms with Gasteiger partial charge in [0.25, 0.3) is 0 Å². The zero-order valence-corrected chi connectivity index (χ0v) is 62.6. The van der Waals surface area contributed by atoms with Gasteiger partial charge in [-0.05, 0) is 265 Å². The minimum atomic E-state index is -0.449. The summed E-state index contributed by atoms with van der Waals surface area (Å²) in [7, 11) is 0. The summed E-state index contributed by atoms with van der Waals surface area (Å²) in [4.78, 5) is 75.9. The van der Waals surface area contributed by atoms with E-state index in [0.29, 0.717) is 94.7 Å². The third kappa shape index (κ3) is 13.2. The largest absolute Gasteiger partial charge is 0.459 e. The monoisotopic (exact) mass is 1370 g/mol. The van der Waals surface area contributed by atoms with Crippen molar-refractivity contribution in [3.8, 4) is 0 Å². The van der Waals surface area contributed by atoms with Crippen molar-refractivity contribution in [2.45, 2.75) is 351 Å². The van der Waals surface area contributed by atoms with Crippen molar-refractivity contribution >= 4 is 35.8 Å². The van der Waals surface area contributed by atoms with Gasteiger partial charge in [0.2, 0.25) is 11.1 Å². The van der Waals surface area contributed by atoms with Gasteiger partial charge in [0.15, 0.2) is 0 Å². The SMILES string of the molecule is CC(=O)OC1(C)C2CC3CC(C2)CC1C3.CC(=O)OC1(C)C2CC3CC1CC(O)(C3)C2.CCC1(OC(C)=O)C2CC3CC(C2)CC1C3.CCC1(OC(C)=O)C2CC3CC1CC(O)(C3)C2.[C-]#[N+]C12CC3CC(C1)C(C)(OC(C)=O)C(C3)C2.[C-]#[N+]C12CC3CC(C1)C(CC)(OC(C)=O)C(C3)C2. The quantitative estimate of drug-likeness (QED) is 0.125. The van der Waals surface area contributed by atoms with Crippen molar-refractivity contribution < 1.29 is 67.4 Å². The van der Waals surface area contributed by atoms with Crippen LogP contribution in [-0.4, -0.2) is 102 Å². The van der Waals surface area contributed by atoms with E-state index < -0.39 is 11.2 Å². The van der Waals surface area contributed by atoms with Crippen molar-refractivity contribution in [2.75, 3.05) is 0 Å². The molecule has 24 bridgehead atoms. The molecule has 24 fully saturated rings. The van der Waals surface area contributed by atoms with Crippen LogP contribution in [0.5, 0.6) is 0 Å². The maximum Gasteiger partial charge on any atom is 0.303 e. The minimum absolute atomic E-state index is 0.0747. The van der Waals surface area contributed by atoms with E-state index in [1.165, 1.54) is 91.9 Å². The van der Waals surface area contributed by atoms with Gasteiger partial charge >= 0.3 is 35.8 Å². The van der Waals surface area contributed by atoms with Gasteiger partial charge in [-0.15, -0.1) is 0 Å². The molecular formula is C83H124N2O14. The first-order valence-corrected chi connectivity index (χ1v) is 40.0. The van der Waals surface area contributed by atoms with Gasteiger partial charge in [-0.1, -0.05) is 20.8 Å². The molecule has 550 valence electrons. The van der Waals surface area contributed by atoms with Gasteiger partial charge in [-0.3, -0.25) is 28.8 Å². The molecule has 0 saturated heterocycles. The molecule has 99 heavy (non-hydrogen) atoms. The number of carbonyl (C=O) groups is 6. The molecule has 0 aromatic rings. The van der Waals surface area contributed by atoms with Crippen LogP contribution in [0.1, 0.15) is 295 Å². The van der Waals surface area contributed by atoms with Crippen molar-refractivity contribution in [1.82, 2.24) is 0 Å². The molecule has 24 rings (SSSR count). The first kappa shape index (κ1) is 73.0. The smallest absolute Gasteiger partial charge is 0.303 e. The van der Waals surface area contributed by atoms with E-state index in [9.17, 15) is 39.0 Å². The second-order valence-corrected chi connectivity index (χ2v) is 38.1. The van der Waals surface area contributed by atoms with E-state index >= 15 is 0 Å². The standard InChI is InChI=1S/C15H21NO2.C14H19NO2.C14H22O3.C14H22O2.C13H20O3.C13H20O2/c1-4-15(18-10(2)17)12-5-11-6-13(15)9-14(7-11,8-12)16-3;1-9(16)17-13(2)11-4-10-5-12(13)8-14(6-10,7-11)15-3;1-3-14(17-9(2)15)11-4-10-5-12(14)8-13(16,6-10)7-11;1-3-14(16-9(2)15)12-5-10-4-11(7-12)8-13(14)6-10;1-8(14)16-12(2)10-3-9-4-11(12)7-13(15,5-9)6-10;1-8(14)15-13(2)11-4-9-3-10(6-11)7-12(13)5-9/h11-13H,4-9H2,1-2H3;10-12H,4-8H2,1-2H3;10-12,16H,3-8H2,1-2H3;10-13H,3-8H2,1-2H3;9-11,15H,3-7H2,1-2H3;9-12H,3-7H2,1-2H3. The van der Waals surface area contributed by atoms with Crippen LogP contribution in [-0.2, 0) is 57.2 Å². The molecule has 16 heteroatoms. The van der Waals surface area contributed by atoms with Gasteiger partial charge in [0.1, 0.15) is 33.6 Å². The Bertz CT molecular complexity index is 3070. The Morgan fingerprint density at radius 2 is 0.505 bits per heavy atom. The first-order valence-electron chi connectivity index (χ1n) is 40.0. The van der Waals surface area contributed by atoms with Crippen LogP contribution in [0, 0.1) is 132 Å². The molecule has 0 amide bonds. The van der Waals surface area contributed by atoms with Crippen LogP contribution in [0.3, 0.4) is 0 Å². The fourth-order valence-corrected chi connectivity index (χ4v) is 29.4. The molecule has 8 atom stereocenters. The van der Waals surface area contributed by atoms with Crippen LogP contribution in [0.15, 0.2) is 0 Å². The van der Waals surface area contributed by atoms with E-state index in [0.717, 1.165) is 171 Å². The summed E-state index contributed by atoms with van der Waals surface area (Å²) >= 11 is 0. The predicted octanol–water partition coefficient (Wildman–Crippen LogP) is 16.1. The van der Waals surface area contributed by atoms with Gasteiger partial charge in [0, 0.05) is 127 Å². The number of nitrogens with zero attached hydrogens (tertiary/aromatic N) is 2. The third-order valence-corrected chi connectivity index (χ3v) is 32.1. The maximum absolute atomic E-state index is 11.5. The van der Waals surface area contributed by atoms with Gasteiger partial charge in [-0.25, -0.2) is 13.1 Å². The average Bonchev–Trinajstić information content (AvgIpc) is 0.745. The summed E-state index contributed by atoms with van der Waals surface area (Å²) < 4.78 is 34.3. The molecule has 0 radical (unpaired) electrons. The molecule has 8 unspecified atom stereocenters. The topological polar surface area (TPSA) is 207 Å². The van der Waals surface area contributed by atoms with Crippen LogP contribution >= 0.6 is 0 Å². The van der Waals surface area contributed by atoms with E-state index in [1.54, 1.807) is 13.8 Å². The van der Waals surface area contributed by atoms with Crippen LogP contribution in [0.2, 0.25) is 0 Å². The van der Waals surface area contributed by atoms with Crippen molar-refractivity contribution in [3.63, 3.8) is 0 Å². The van der Waals surface area contributed by atoms with Crippen LogP contribution < -0.4 is 0 Å². The highest BCUT2D eigenvalue weighted by Gasteiger charge is 2.69. The number of ether oxygens (including phenoxy) is 6. The first-order chi connectivity index (χ1) is 46.6. The van der Waals surface area contributed by atoms with Gasteiger partial charge in [-0.2, -0.15) is 0 Å². The Morgan fingerprint density at radius 1 is 0.293 bits per heavy atom. The van der Waals surface area contributed by atoms with Crippen molar-refractivity contribution in [3.05, 3.63) is 22.8 Å². The number of rotatable bonds is 9. The Balaban J connectivity index is 0.000000107. The lowest BCUT2D eigenvalue weighted by Gasteiger charge is -2.62. The number of hydrogen-bond acceptors (Lipinski definition) is 14. The average molecular weight is 1370 g/mol. The zero-order valence-electron chi connectivity index (χ0n) is 62.6. The molecular weight excluding hydrogens is 1250 g/mol. The Kier molecular flexibility index (Phi) is 19.5. The summed E-state index contributed by atoms with van der Waals surface area (Å²) in [5.74, 6) is 11.5. The van der Waals surface area contributed by atoms with Gasteiger partial charge in [0.05, 0.1) is 11.2 Å². The highest BCUT2D eigenvalue weighted by atomic mass is 16.6. The molecule has 0 aromatic heterocycles. The highest BCUT2D eigenvalue weighted by Crippen LogP contribution is 2.68. The molecule has 0 heterocycles. The Morgan fingerprint density at radius 3 is 0.778 bits per heavy atom. The number of aliphatic hydroxyl groups is 2. The summed E-state index contributed by atoms with van der Waals surface area (Å²) in [6, 6.07) is 0. The lowest BCUT2D eigenvalue weighted by molar-refractivity contribution is -0.241. The molecule has 24 aliphatic rings. The number of carbonyl (C=O) groups excluding carboxylic acids is 6. The van der Waals surface area contributed by atoms with Crippen LogP contribution in [0.25, 0.3) is 9.69 Å². The molecule has 24 aliphatic carbocycles. The second kappa shape index (κ2) is 26.4. The summed E-state index contributed by atoms with van der Waals surface area (Å²) in [6.45, 7) is 36.9. The molecule has 2 N–H and O–H groups in total. The molecule has 16 nitrogen and oxygen atoms in total. The fraction of sp³-hybridized carbons (Fsp3) is 0.904. The van der Waals surface area contributed by atoms with Crippen LogP contribution in [0.4, 0.5) is 0 Å². The zero-order chi connectivity index (χ0) is 71.0. The molecule has 0 aliphatic heterocycles. The molecule has 0 aromatic carbocycles. The number of hydrogen-bond donors (Lipinski definition) is 2. The van der Waals surface area contributed by atoms with E-state index in [2.05, 4.69) is 51.2 Å². The van der Waals surface area contributed by atoms with E-state index in [-0.39, 0.29) is 80.5 Å². The second-order valence-electron chi connectivity index (χ2n) is 38.1. The lowest BCUT2D eigenvalue weighted by Crippen LogP contribution is -2.64. The lowest BCUT2D eigenvalue weighted by atomic mass is 9.47. The van der Waals surface area contributed by atoms with Gasteiger partial charge < -0.3 is 48.3 Å². The maximum atomic E-state index is 11.5. The third-order valence-electron chi connectivity index (χ3n) is 32.1. The van der Waals surface area contributed by atoms with Crippen molar-refractivity contribution in [1.29, 1.82) is 0 Å². The minimum Gasteiger partial charge on any atom is -0.459 e. The fourth-order valence-electron chi connectivity index (χ4n) is 29.4. The van der Waals surface area contributed by atoms with E-state index in [4.69, 9.17) is 41.6 Å².